The van der Waals surface area contributed by atoms with Gasteiger partial charge in [0.05, 0.1) is 13.2 Å². The summed E-state index contributed by atoms with van der Waals surface area (Å²) in [5.74, 6) is 0.622. The summed E-state index contributed by atoms with van der Waals surface area (Å²) in [6, 6.07) is 0.325. The molecule has 1 unspecified atom stereocenters. The van der Waals surface area contributed by atoms with Crippen molar-refractivity contribution in [3.8, 4) is 0 Å². The first-order valence-electron chi connectivity index (χ1n) is 9.10. The van der Waals surface area contributed by atoms with Crippen LogP contribution in [0.2, 0.25) is 0 Å². The van der Waals surface area contributed by atoms with Crippen LogP contribution in [0.15, 0.2) is 4.99 Å². The van der Waals surface area contributed by atoms with Crippen LogP contribution >= 0.6 is 0 Å². The SMILES string of the molecule is CN=C(NCC(=O)NC1CCCCC1)NCC1(CCO)CCOC1. The van der Waals surface area contributed by atoms with Crippen LogP contribution in [-0.2, 0) is 9.53 Å². The summed E-state index contributed by atoms with van der Waals surface area (Å²) in [5, 5.41) is 18.7. The van der Waals surface area contributed by atoms with Crippen LogP contribution in [0, 0.1) is 5.41 Å². The number of hydrogen-bond donors (Lipinski definition) is 4. The molecule has 7 heteroatoms. The van der Waals surface area contributed by atoms with Crippen LogP contribution in [0.4, 0.5) is 0 Å². The lowest BCUT2D eigenvalue weighted by Crippen LogP contribution is -2.48. The molecule has 1 heterocycles. The van der Waals surface area contributed by atoms with E-state index in [1.807, 2.05) is 0 Å². The number of ether oxygens (including phenoxy) is 1. The second-order valence-electron chi connectivity index (χ2n) is 6.96. The highest BCUT2D eigenvalue weighted by Gasteiger charge is 2.34. The van der Waals surface area contributed by atoms with Gasteiger partial charge in [-0.25, -0.2) is 0 Å². The fourth-order valence-electron chi connectivity index (χ4n) is 3.49. The molecule has 2 fully saturated rings. The highest BCUT2D eigenvalue weighted by atomic mass is 16.5. The van der Waals surface area contributed by atoms with Gasteiger partial charge in [-0.05, 0) is 25.7 Å². The Morgan fingerprint density at radius 1 is 1.29 bits per heavy atom. The van der Waals surface area contributed by atoms with E-state index in [4.69, 9.17) is 4.74 Å². The average molecular weight is 340 g/mol. The van der Waals surface area contributed by atoms with Gasteiger partial charge in [0.1, 0.15) is 0 Å². The molecule has 2 rings (SSSR count). The lowest BCUT2D eigenvalue weighted by atomic mass is 9.84. The van der Waals surface area contributed by atoms with E-state index < -0.39 is 0 Å². The third kappa shape index (κ3) is 5.94. The quantitative estimate of drug-likeness (QED) is 0.397. The highest BCUT2D eigenvalue weighted by molar-refractivity contribution is 5.86. The topological polar surface area (TPSA) is 95.0 Å². The number of aliphatic hydroxyl groups is 1. The number of guanidine groups is 1. The monoisotopic (exact) mass is 340 g/mol. The summed E-state index contributed by atoms with van der Waals surface area (Å²) in [6.07, 6.45) is 7.50. The molecule has 0 radical (unpaired) electrons. The normalized spacial score (nSPS) is 25.5. The smallest absolute Gasteiger partial charge is 0.239 e. The molecule has 1 saturated carbocycles. The van der Waals surface area contributed by atoms with Crippen molar-refractivity contribution >= 4 is 11.9 Å². The largest absolute Gasteiger partial charge is 0.396 e. The zero-order chi connectivity index (χ0) is 17.3. The zero-order valence-corrected chi connectivity index (χ0v) is 14.8. The first-order valence-corrected chi connectivity index (χ1v) is 9.10. The van der Waals surface area contributed by atoms with Gasteiger partial charge in [-0.15, -0.1) is 0 Å². The molecular weight excluding hydrogens is 308 g/mol. The van der Waals surface area contributed by atoms with Crippen LogP contribution in [-0.4, -0.2) is 63.0 Å². The van der Waals surface area contributed by atoms with Crippen LogP contribution < -0.4 is 16.0 Å². The number of hydrogen-bond acceptors (Lipinski definition) is 4. The fourth-order valence-corrected chi connectivity index (χ4v) is 3.49. The Bertz CT molecular complexity index is 416. The van der Waals surface area contributed by atoms with Gasteiger partial charge >= 0.3 is 0 Å². The zero-order valence-electron chi connectivity index (χ0n) is 14.8. The van der Waals surface area contributed by atoms with E-state index in [1.165, 1.54) is 19.3 Å². The Hall–Kier alpha value is -1.34. The summed E-state index contributed by atoms with van der Waals surface area (Å²) in [4.78, 5) is 16.2. The number of rotatable bonds is 7. The van der Waals surface area contributed by atoms with Crippen molar-refractivity contribution in [1.82, 2.24) is 16.0 Å². The number of nitrogens with one attached hydrogen (secondary N) is 3. The van der Waals surface area contributed by atoms with Crippen LogP contribution in [0.25, 0.3) is 0 Å². The van der Waals surface area contributed by atoms with Gasteiger partial charge in [-0.3, -0.25) is 9.79 Å². The molecule has 0 bridgehead atoms. The molecule has 0 aromatic heterocycles. The van der Waals surface area contributed by atoms with Gasteiger partial charge in [-0.1, -0.05) is 19.3 Å². The highest BCUT2D eigenvalue weighted by Crippen LogP contribution is 2.31. The van der Waals surface area contributed by atoms with E-state index >= 15 is 0 Å². The first-order chi connectivity index (χ1) is 11.7. The van der Waals surface area contributed by atoms with Crippen molar-refractivity contribution < 1.29 is 14.6 Å². The maximum atomic E-state index is 12.0. The molecule has 0 spiro atoms. The number of carbonyl (C=O) groups excluding carboxylic acids is 1. The Labute approximate surface area is 144 Å². The number of aliphatic hydroxyl groups excluding tert-OH is 1. The molecule has 4 N–H and O–H groups in total. The van der Waals surface area contributed by atoms with Crippen LogP contribution in [0.1, 0.15) is 44.9 Å². The second-order valence-corrected chi connectivity index (χ2v) is 6.96. The molecule has 1 aliphatic carbocycles. The van der Waals surface area contributed by atoms with E-state index in [-0.39, 0.29) is 24.5 Å². The Balaban J connectivity index is 1.70. The van der Waals surface area contributed by atoms with Gasteiger partial charge in [0.15, 0.2) is 5.96 Å². The molecule has 1 aliphatic heterocycles. The molecule has 1 atom stereocenters. The van der Waals surface area contributed by atoms with Crippen molar-refractivity contribution in [2.24, 2.45) is 10.4 Å². The van der Waals surface area contributed by atoms with Crippen molar-refractivity contribution in [3.63, 3.8) is 0 Å². The number of nitrogens with zero attached hydrogens (tertiary/aromatic N) is 1. The molecular formula is C17H32N4O3. The van der Waals surface area contributed by atoms with E-state index in [9.17, 15) is 9.90 Å². The standard InChI is InChI=1S/C17H32N4O3/c1-18-16(20-12-17(7-9-22)8-10-24-13-17)19-11-15(23)21-14-5-3-2-4-6-14/h14,22H,2-13H2,1H3,(H,21,23)(H2,18,19,20). The number of carbonyl (C=O) groups is 1. The summed E-state index contributed by atoms with van der Waals surface area (Å²) < 4.78 is 5.49. The molecule has 0 aromatic carbocycles. The van der Waals surface area contributed by atoms with Crippen molar-refractivity contribution in [2.75, 3.05) is 40.0 Å². The minimum Gasteiger partial charge on any atom is -0.396 e. The van der Waals surface area contributed by atoms with E-state index in [1.54, 1.807) is 7.05 Å². The van der Waals surface area contributed by atoms with Crippen molar-refractivity contribution in [2.45, 2.75) is 51.0 Å². The first kappa shape index (κ1) is 19.0. The van der Waals surface area contributed by atoms with Gasteiger partial charge in [-0.2, -0.15) is 0 Å². The third-order valence-electron chi connectivity index (χ3n) is 5.07. The van der Waals surface area contributed by atoms with Gasteiger partial charge in [0.25, 0.3) is 0 Å². The van der Waals surface area contributed by atoms with Crippen molar-refractivity contribution in [1.29, 1.82) is 0 Å². The minimum absolute atomic E-state index is 0.0131. The molecule has 1 saturated heterocycles. The van der Waals surface area contributed by atoms with E-state index in [0.717, 1.165) is 25.9 Å². The Morgan fingerprint density at radius 3 is 2.71 bits per heavy atom. The van der Waals surface area contributed by atoms with Crippen LogP contribution in [0.5, 0.6) is 0 Å². The second kappa shape index (κ2) is 9.84. The predicted octanol–water partition coefficient (Wildman–Crippen LogP) is 0.389. The van der Waals surface area contributed by atoms with Crippen molar-refractivity contribution in [3.05, 3.63) is 0 Å². The summed E-state index contributed by atoms with van der Waals surface area (Å²) >= 11 is 0. The minimum atomic E-state index is -0.0449. The molecule has 2 aliphatic rings. The molecule has 138 valence electrons. The van der Waals surface area contributed by atoms with Gasteiger partial charge < -0.3 is 25.8 Å². The summed E-state index contributed by atoms with van der Waals surface area (Å²) in [7, 11) is 1.69. The average Bonchev–Trinajstić information content (AvgIpc) is 3.05. The van der Waals surface area contributed by atoms with E-state index in [0.29, 0.717) is 31.6 Å². The lowest BCUT2D eigenvalue weighted by molar-refractivity contribution is -0.120. The molecule has 0 aromatic rings. The number of aliphatic imine (C=N–C) groups is 1. The summed E-state index contributed by atoms with van der Waals surface area (Å²) in [5.41, 5.74) is -0.0449. The van der Waals surface area contributed by atoms with Gasteiger partial charge in [0.2, 0.25) is 5.91 Å². The van der Waals surface area contributed by atoms with Gasteiger partial charge in [0, 0.05) is 38.3 Å². The van der Waals surface area contributed by atoms with E-state index in [2.05, 4.69) is 20.9 Å². The Morgan fingerprint density at radius 2 is 2.08 bits per heavy atom. The third-order valence-corrected chi connectivity index (χ3v) is 5.07. The molecule has 7 nitrogen and oxygen atoms in total. The maximum absolute atomic E-state index is 12.0. The molecule has 24 heavy (non-hydrogen) atoms. The summed E-state index contributed by atoms with van der Waals surface area (Å²) in [6.45, 7) is 2.44. The fraction of sp³-hybridized carbons (Fsp3) is 0.882. The Kier molecular flexibility index (Phi) is 7.78. The maximum Gasteiger partial charge on any atom is 0.239 e. The molecule has 1 amide bonds. The predicted molar refractivity (Wildman–Crippen MR) is 94.0 cm³/mol. The number of amides is 1. The lowest BCUT2D eigenvalue weighted by Gasteiger charge is -2.28. The van der Waals surface area contributed by atoms with Crippen LogP contribution in [0.3, 0.4) is 0 Å².